The Balaban J connectivity index is 1.99. The van der Waals surface area contributed by atoms with Gasteiger partial charge in [-0.05, 0) is 49.2 Å². The number of carbonyl (C=O) groups is 1. The summed E-state index contributed by atoms with van der Waals surface area (Å²) in [4.78, 5) is 16.0. The fourth-order valence-corrected chi connectivity index (χ4v) is 4.76. The van der Waals surface area contributed by atoms with Gasteiger partial charge in [0, 0.05) is 16.9 Å². The normalized spacial score (nSPS) is 22.5. The summed E-state index contributed by atoms with van der Waals surface area (Å²) in [5.74, 6) is -1.34. The number of carbonyl (C=O) groups excluding carboxylic acids is 1. The molecule has 1 saturated heterocycles. The number of aliphatic hydroxyl groups is 2. The average molecular weight is 480 g/mol. The molecule has 2 aliphatic rings. The van der Waals surface area contributed by atoms with Crippen LogP contribution in [0, 0.1) is 22.7 Å². The van der Waals surface area contributed by atoms with Crippen molar-refractivity contribution in [2.24, 2.45) is 0 Å². The van der Waals surface area contributed by atoms with Gasteiger partial charge in [0.15, 0.2) is 5.79 Å². The van der Waals surface area contributed by atoms with Gasteiger partial charge in [-0.1, -0.05) is 18.2 Å². The maximum absolute atomic E-state index is 13.4. The molecule has 3 atom stereocenters. The summed E-state index contributed by atoms with van der Waals surface area (Å²) in [6.07, 6.45) is -4.09. The number of allylic oxidation sites excluding steroid dienone is 1. The topological polar surface area (TPSA) is 136 Å². The number of rotatable bonds is 5. The van der Waals surface area contributed by atoms with Crippen LogP contribution in [0.3, 0.4) is 0 Å². The number of amides is 2. The van der Waals surface area contributed by atoms with E-state index < -0.39 is 37.0 Å². The lowest BCUT2D eigenvalue weighted by Gasteiger charge is -2.51. The molecule has 4 N–H and O–H groups in total. The minimum Gasteiger partial charge on any atom is -0.393 e. The first-order chi connectivity index (χ1) is 16.7. The van der Waals surface area contributed by atoms with Crippen molar-refractivity contribution in [2.75, 3.05) is 11.5 Å². The number of hydrazine groups is 1. The van der Waals surface area contributed by atoms with Crippen LogP contribution in [0.4, 0.5) is 19.3 Å². The number of hydrogen-bond acceptors (Lipinski definition) is 7. The molecule has 35 heavy (non-hydrogen) atoms. The van der Waals surface area contributed by atoms with E-state index in [1.54, 1.807) is 24.8 Å². The smallest absolute Gasteiger partial charge is 0.335 e. The molecule has 9 nitrogen and oxygen atoms in total. The first-order valence-corrected chi connectivity index (χ1v) is 10.7. The van der Waals surface area contributed by atoms with Gasteiger partial charge < -0.3 is 15.1 Å². The minimum absolute atomic E-state index is 0.125. The van der Waals surface area contributed by atoms with Crippen LogP contribution >= 0.6 is 0 Å². The lowest BCUT2D eigenvalue weighted by molar-refractivity contribution is 0.0882. The Labute approximate surface area is 200 Å². The summed E-state index contributed by atoms with van der Waals surface area (Å²) in [7, 11) is 0. The fraction of sp³-hybridized carbons (Fsp3) is 0.292. The fourth-order valence-electron chi connectivity index (χ4n) is 4.76. The molecule has 0 radical (unpaired) electrons. The zero-order valence-corrected chi connectivity index (χ0v) is 18.8. The molecule has 2 heterocycles. The lowest BCUT2D eigenvalue weighted by Crippen LogP contribution is -2.66. The molecule has 2 aliphatic heterocycles. The first kappa shape index (κ1) is 24.1. The highest BCUT2D eigenvalue weighted by molar-refractivity contribution is 5.81. The molecule has 4 rings (SSSR count). The van der Waals surface area contributed by atoms with Crippen LogP contribution in [-0.4, -0.2) is 33.5 Å². The molecule has 2 aromatic rings. The van der Waals surface area contributed by atoms with Crippen molar-refractivity contribution in [1.29, 1.82) is 10.5 Å². The summed E-state index contributed by atoms with van der Waals surface area (Å²) in [6.45, 7) is 2.64. The molecular weight excluding hydrogens is 458 g/mol. The second-order valence-electron chi connectivity index (χ2n) is 8.34. The van der Waals surface area contributed by atoms with Crippen molar-refractivity contribution in [2.45, 2.75) is 38.2 Å². The summed E-state index contributed by atoms with van der Waals surface area (Å²) in [5.41, 5.74) is 6.82. The Morgan fingerprint density at radius 3 is 2.57 bits per heavy atom. The standard InChI is InChI=1S/C24H22F2N6O3/c1-13-19(11-28)21(17-7-6-14(10-27)8-18(17)20(34)12-33)32-23(35)29-30-24(32,2)31(13)16-5-3-4-15(9-16)22(25)26/h3-9,20-22,30,33-34H,12H2,1-2H3,(H,29,35)/t20?,21-,24?/m1/s1. The maximum atomic E-state index is 13.4. The monoisotopic (exact) mass is 480 g/mol. The van der Waals surface area contributed by atoms with Crippen LogP contribution in [-0.2, 0) is 0 Å². The SMILES string of the molecule is CC1=C(C#N)[C@@H](c2ccc(C#N)cc2C(O)CO)N2C(=O)NNC2(C)N1c1cccc(C(F)F)c1. The van der Waals surface area contributed by atoms with Crippen LogP contribution in [0.1, 0.15) is 54.7 Å². The number of benzene rings is 2. The number of nitriles is 2. The van der Waals surface area contributed by atoms with Gasteiger partial charge in [0.05, 0.1) is 35.9 Å². The molecule has 2 aromatic carbocycles. The molecule has 2 unspecified atom stereocenters. The summed E-state index contributed by atoms with van der Waals surface area (Å²) >= 11 is 0. The molecule has 2 amide bonds. The maximum Gasteiger partial charge on any atom is 0.335 e. The third-order valence-electron chi connectivity index (χ3n) is 6.33. The Morgan fingerprint density at radius 2 is 1.94 bits per heavy atom. The van der Waals surface area contributed by atoms with Gasteiger partial charge in [-0.2, -0.15) is 15.9 Å². The molecule has 0 spiro atoms. The van der Waals surface area contributed by atoms with Crippen molar-refractivity contribution in [1.82, 2.24) is 15.8 Å². The minimum atomic E-state index is -2.71. The van der Waals surface area contributed by atoms with Gasteiger partial charge in [0.2, 0.25) is 0 Å². The van der Waals surface area contributed by atoms with E-state index in [1.165, 1.54) is 41.3 Å². The van der Waals surface area contributed by atoms with E-state index in [1.807, 2.05) is 6.07 Å². The predicted molar refractivity (Wildman–Crippen MR) is 120 cm³/mol. The zero-order chi connectivity index (χ0) is 25.5. The first-order valence-electron chi connectivity index (χ1n) is 10.7. The largest absolute Gasteiger partial charge is 0.393 e. The van der Waals surface area contributed by atoms with Gasteiger partial charge >= 0.3 is 6.03 Å². The van der Waals surface area contributed by atoms with Crippen LogP contribution in [0.15, 0.2) is 53.7 Å². The third kappa shape index (κ3) is 3.76. The van der Waals surface area contributed by atoms with E-state index in [2.05, 4.69) is 16.9 Å². The van der Waals surface area contributed by atoms with Gasteiger partial charge in [-0.25, -0.2) is 13.6 Å². The van der Waals surface area contributed by atoms with E-state index in [9.17, 15) is 34.3 Å². The second kappa shape index (κ2) is 8.96. The van der Waals surface area contributed by atoms with E-state index in [4.69, 9.17) is 0 Å². The van der Waals surface area contributed by atoms with E-state index in [0.29, 0.717) is 16.9 Å². The van der Waals surface area contributed by atoms with Crippen LogP contribution in [0.5, 0.6) is 0 Å². The van der Waals surface area contributed by atoms with Crippen molar-refractivity contribution in [3.63, 3.8) is 0 Å². The van der Waals surface area contributed by atoms with Crippen LogP contribution in [0.2, 0.25) is 0 Å². The predicted octanol–water partition coefficient (Wildman–Crippen LogP) is 3.08. The lowest BCUT2D eigenvalue weighted by atomic mass is 9.86. The Hall–Kier alpha value is -4.03. The van der Waals surface area contributed by atoms with Crippen molar-refractivity contribution >= 4 is 11.7 Å². The summed E-state index contributed by atoms with van der Waals surface area (Å²) in [5, 5.41) is 39.6. The Bertz CT molecular complexity index is 1300. The molecule has 0 bridgehead atoms. The number of nitrogens with zero attached hydrogens (tertiary/aromatic N) is 4. The highest BCUT2D eigenvalue weighted by Gasteiger charge is 2.55. The van der Waals surface area contributed by atoms with Crippen molar-refractivity contribution in [3.8, 4) is 12.1 Å². The highest BCUT2D eigenvalue weighted by Crippen LogP contribution is 2.47. The van der Waals surface area contributed by atoms with E-state index in [-0.39, 0.29) is 22.3 Å². The van der Waals surface area contributed by atoms with Crippen LogP contribution in [0.25, 0.3) is 0 Å². The van der Waals surface area contributed by atoms with E-state index >= 15 is 0 Å². The van der Waals surface area contributed by atoms with E-state index in [0.717, 1.165) is 0 Å². The Morgan fingerprint density at radius 1 is 1.20 bits per heavy atom. The number of alkyl halides is 2. The number of urea groups is 1. The number of halogens is 2. The molecule has 0 aromatic heterocycles. The van der Waals surface area contributed by atoms with Gasteiger partial charge in [0.1, 0.15) is 6.10 Å². The number of aliphatic hydroxyl groups excluding tert-OH is 2. The highest BCUT2D eigenvalue weighted by atomic mass is 19.3. The molecular formula is C24H22F2N6O3. The van der Waals surface area contributed by atoms with Crippen molar-refractivity contribution in [3.05, 3.63) is 76.0 Å². The number of fused-ring (bicyclic) bond motifs is 1. The molecule has 0 aliphatic carbocycles. The van der Waals surface area contributed by atoms with Crippen molar-refractivity contribution < 1.29 is 23.8 Å². The summed E-state index contributed by atoms with van der Waals surface area (Å²) < 4.78 is 26.9. The Kier molecular flexibility index (Phi) is 6.17. The summed E-state index contributed by atoms with van der Waals surface area (Å²) in [6, 6.07) is 12.6. The molecule has 1 fully saturated rings. The number of anilines is 1. The average Bonchev–Trinajstić information content (AvgIpc) is 3.16. The van der Waals surface area contributed by atoms with Gasteiger partial charge in [-0.15, -0.1) is 0 Å². The second-order valence-corrected chi connectivity index (χ2v) is 8.34. The zero-order valence-electron chi connectivity index (χ0n) is 18.8. The number of hydrogen-bond donors (Lipinski definition) is 4. The quantitative estimate of drug-likeness (QED) is 0.516. The third-order valence-corrected chi connectivity index (χ3v) is 6.33. The van der Waals surface area contributed by atoms with Gasteiger partial charge in [0.25, 0.3) is 6.43 Å². The van der Waals surface area contributed by atoms with Crippen LogP contribution < -0.4 is 15.8 Å². The molecule has 11 heteroatoms. The van der Waals surface area contributed by atoms with Gasteiger partial charge in [-0.3, -0.25) is 10.3 Å². The molecule has 0 saturated carbocycles. The number of nitrogens with one attached hydrogen (secondary N) is 2. The molecule has 180 valence electrons.